The molecule has 4 amide bonds. The Labute approximate surface area is 355 Å². The fraction of sp³-hybridized carbons (Fsp3) is 0.465. The zero-order valence-electron chi connectivity index (χ0n) is 35.5. The third-order valence-electron chi connectivity index (χ3n) is 9.47. The lowest BCUT2D eigenvalue weighted by Crippen LogP contribution is -2.49. The average Bonchev–Trinajstić information content (AvgIpc) is 3.73. The fourth-order valence-electron chi connectivity index (χ4n) is 6.29. The van der Waals surface area contributed by atoms with Crippen molar-refractivity contribution in [3.8, 4) is 17.1 Å². The van der Waals surface area contributed by atoms with Crippen LogP contribution in [0, 0.1) is 18.7 Å². The minimum atomic E-state index is -1.34. The van der Waals surface area contributed by atoms with Crippen LogP contribution in [0.4, 0.5) is 4.39 Å². The van der Waals surface area contributed by atoms with Crippen LogP contribution in [0.25, 0.3) is 11.3 Å². The summed E-state index contributed by atoms with van der Waals surface area (Å²) in [7, 11) is 1.14. The van der Waals surface area contributed by atoms with Gasteiger partial charge in [0.2, 0.25) is 12.3 Å². The van der Waals surface area contributed by atoms with Crippen LogP contribution in [0.15, 0.2) is 52.9 Å². The normalized spacial score (nSPS) is 12.2. The first-order valence-electron chi connectivity index (χ1n) is 20.4. The molecule has 0 fully saturated rings. The number of halogens is 1. The van der Waals surface area contributed by atoms with E-state index < -0.39 is 65.9 Å². The standard InChI is InChI=1S/C43H55BFN4O12/c1-7-11-13-14-31(34(9-3)49(26-50)61-42(55)30-18-16-29(45)22-27(30)5)39(52)46-25-47-41(54)36-20-19-35(59-36)28-15-17-32(37(23-28)57-10-4)40(53)48-33(43(56)60-44-6)24-38(51)58-21-12-8-2/h15-20,22-23,26,31,33-34H,7-14,21,24-25H2,1-6H3,(H,46,52)(H,47,54)(H,48,53)/t31-,33+,34-/m1/s1. The molecule has 0 bridgehead atoms. The Morgan fingerprint density at radius 3 is 2.30 bits per heavy atom. The van der Waals surface area contributed by atoms with Crippen LogP contribution in [-0.4, -0.2) is 86.6 Å². The molecule has 329 valence electrons. The van der Waals surface area contributed by atoms with Crippen molar-refractivity contribution >= 4 is 49.5 Å². The minimum absolute atomic E-state index is 0.0548. The van der Waals surface area contributed by atoms with Gasteiger partial charge in [0.05, 0.1) is 49.4 Å². The first kappa shape index (κ1) is 49.2. The molecule has 1 heterocycles. The van der Waals surface area contributed by atoms with Gasteiger partial charge in [-0.25, -0.2) is 9.18 Å². The van der Waals surface area contributed by atoms with Gasteiger partial charge in [0.15, 0.2) is 5.76 Å². The second kappa shape index (κ2) is 25.4. The second-order valence-corrected chi connectivity index (χ2v) is 13.9. The first-order chi connectivity index (χ1) is 29.3. The number of hydroxylamine groups is 2. The quantitative estimate of drug-likeness (QED) is 0.0217. The van der Waals surface area contributed by atoms with Crippen LogP contribution < -0.4 is 20.7 Å². The molecule has 0 unspecified atom stereocenters. The molecule has 3 atom stereocenters. The minimum Gasteiger partial charge on any atom is -0.538 e. The van der Waals surface area contributed by atoms with Crippen LogP contribution >= 0.6 is 0 Å². The van der Waals surface area contributed by atoms with Crippen molar-refractivity contribution in [2.24, 2.45) is 5.92 Å². The number of hydrogen-bond acceptors (Lipinski definition) is 12. The number of furan rings is 1. The molecule has 3 aromatic rings. The number of rotatable bonds is 26. The molecule has 2 aromatic carbocycles. The highest BCUT2D eigenvalue weighted by molar-refractivity contribution is 6.28. The van der Waals surface area contributed by atoms with Crippen molar-refractivity contribution in [3.05, 3.63) is 76.8 Å². The molecule has 61 heavy (non-hydrogen) atoms. The van der Waals surface area contributed by atoms with Gasteiger partial charge in [-0.3, -0.25) is 28.8 Å². The largest absolute Gasteiger partial charge is 0.538 e. The van der Waals surface area contributed by atoms with Gasteiger partial charge in [0.1, 0.15) is 23.4 Å². The van der Waals surface area contributed by atoms with Crippen molar-refractivity contribution in [2.45, 2.75) is 105 Å². The molecular weight excluding hydrogens is 794 g/mol. The predicted octanol–water partition coefficient (Wildman–Crippen LogP) is 5.84. The SMILES string of the molecule is C[B]OC(=O)[C@H](CC(=O)OCCCC)NC(=O)c1ccc(-c2ccc(C(=O)NCNC(=O)[C@H](CCCCC)[C@@H](CC)N(C=O)OC(=O)c3ccc(F)cc3C)o2)cc1OCC. The highest BCUT2D eigenvalue weighted by Gasteiger charge is 2.34. The molecule has 1 aromatic heterocycles. The number of unbranched alkanes of at least 4 members (excludes halogenated alkanes) is 3. The molecule has 1 radical (unpaired) electrons. The van der Waals surface area contributed by atoms with Gasteiger partial charge in [-0.05, 0) is 81.1 Å². The number of hydrogen-bond donors (Lipinski definition) is 3. The molecule has 16 nitrogen and oxygen atoms in total. The highest BCUT2D eigenvalue weighted by atomic mass is 19.1. The number of aryl methyl sites for hydroxylation is 1. The van der Waals surface area contributed by atoms with Gasteiger partial charge < -0.3 is 39.3 Å². The summed E-state index contributed by atoms with van der Waals surface area (Å²) >= 11 is 0. The van der Waals surface area contributed by atoms with Crippen LogP contribution in [0.3, 0.4) is 0 Å². The van der Waals surface area contributed by atoms with E-state index in [1.54, 1.807) is 19.9 Å². The summed E-state index contributed by atoms with van der Waals surface area (Å²) in [4.78, 5) is 95.7. The average molecular weight is 850 g/mol. The van der Waals surface area contributed by atoms with Crippen molar-refractivity contribution in [1.29, 1.82) is 0 Å². The van der Waals surface area contributed by atoms with E-state index in [1.807, 2.05) is 13.8 Å². The third-order valence-corrected chi connectivity index (χ3v) is 9.47. The van der Waals surface area contributed by atoms with Crippen LogP contribution in [0.5, 0.6) is 5.75 Å². The van der Waals surface area contributed by atoms with Crippen molar-refractivity contribution in [1.82, 2.24) is 21.0 Å². The van der Waals surface area contributed by atoms with Gasteiger partial charge in [0, 0.05) is 5.56 Å². The topological polar surface area (TPSA) is 209 Å². The summed E-state index contributed by atoms with van der Waals surface area (Å²) in [6.45, 7) is 10.5. The van der Waals surface area contributed by atoms with Crippen LogP contribution in [-0.2, 0) is 33.4 Å². The number of amides is 4. The van der Waals surface area contributed by atoms with E-state index in [-0.39, 0.29) is 54.7 Å². The van der Waals surface area contributed by atoms with E-state index in [4.69, 9.17) is 23.4 Å². The molecule has 3 rings (SSSR count). The molecule has 0 saturated heterocycles. The van der Waals surface area contributed by atoms with E-state index in [9.17, 15) is 38.0 Å². The zero-order chi connectivity index (χ0) is 44.9. The number of carbonyl (C=O) groups excluding carboxylic acids is 7. The van der Waals surface area contributed by atoms with E-state index in [1.165, 1.54) is 50.1 Å². The van der Waals surface area contributed by atoms with Gasteiger partial charge in [-0.15, -0.1) is 0 Å². The second-order valence-electron chi connectivity index (χ2n) is 13.9. The lowest BCUT2D eigenvalue weighted by molar-refractivity contribution is -0.171. The first-order valence-corrected chi connectivity index (χ1v) is 20.4. The Morgan fingerprint density at radius 2 is 1.64 bits per heavy atom. The van der Waals surface area contributed by atoms with Gasteiger partial charge in [-0.2, -0.15) is 5.06 Å². The zero-order valence-corrected chi connectivity index (χ0v) is 35.5. The monoisotopic (exact) mass is 849 g/mol. The molecule has 0 aliphatic heterocycles. The molecule has 0 aliphatic rings. The molecule has 18 heteroatoms. The fourth-order valence-corrected chi connectivity index (χ4v) is 6.29. The lowest BCUT2D eigenvalue weighted by Gasteiger charge is -2.32. The number of benzene rings is 2. The number of ether oxygens (including phenoxy) is 2. The van der Waals surface area contributed by atoms with Crippen LogP contribution in [0.1, 0.15) is 116 Å². The summed E-state index contributed by atoms with van der Waals surface area (Å²) in [6, 6.07) is 8.82. The van der Waals surface area contributed by atoms with Crippen molar-refractivity contribution < 1.29 is 61.3 Å². The van der Waals surface area contributed by atoms with E-state index in [0.29, 0.717) is 36.8 Å². The van der Waals surface area contributed by atoms with Crippen molar-refractivity contribution in [3.63, 3.8) is 0 Å². The van der Waals surface area contributed by atoms with E-state index in [0.717, 1.165) is 37.9 Å². The molecule has 0 spiro atoms. The lowest BCUT2D eigenvalue weighted by atomic mass is 9.90. The van der Waals surface area contributed by atoms with Crippen molar-refractivity contribution in [2.75, 3.05) is 19.9 Å². The Morgan fingerprint density at radius 1 is 0.902 bits per heavy atom. The van der Waals surface area contributed by atoms with Crippen LogP contribution in [0.2, 0.25) is 6.82 Å². The Hall–Kier alpha value is -6.20. The summed E-state index contributed by atoms with van der Waals surface area (Å²) < 4.78 is 35.3. The molecule has 0 aliphatic carbocycles. The maximum Gasteiger partial charge on any atom is 0.370 e. The Bertz CT molecular complexity index is 1970. The van der Waals surface area contributed by atoms with Gasteiger partial charge in [0.25, 0.3) is 11.8 Å². The maximum atomic E-state index is 13.6. The summed E-state index contributed by atoms with van der Waals surface area (Å²) in [5.41, 5.74) is 0.876. The van der Waals surface area contributed by atoms with Gasteiger partial charge in [-0.1, -0.05) is 59.3 Å². The summed E-state index contributed by atoms with van der Waals surface area (Å²) in [5.74, 6) is -5.33. The third kappa shape index (κ3) is 14.8. The number of esters is 1. The molecule has 3 N–H and O–H groups in total. The highest BCUT2D eigenvalue weighted by Crippen LogP contribution is 2.30. The Balaban J connectivity index is 1.70. The molecule has 0 saturated carbocycles. The number of nitrogens with zero attached hydrogens (tertiary/aromatic N) is 1. The van der Waals surface area contributed by atoms with E-state index in [2.05, 4.69) is 16.0 Å². The predicted molar refractivity (Wildman–Crippen MR) is 221 cm³/mol. The summed E-state index contributed by atoms with van der Waals surface area (Å²) in [5, 5.41) is 8.61. The van der Waals surface area contributed by atoms with E-state index >= 15 is 0 Å². The number of nitrogens with one attached hydrogen (secondary N) is 3. The summed E-state index contributed by atoms with van der Waals surface area (Å²) in [6.07, 6.45) is 4.26. The molecular formula is C43H55BFN4O12. The maximum absolute atomic E-state index is 13.6. The Kier molecular flexibility index (Phi) is 20.5. The smallest absolute Gasteiger partial charge is 0.370 e. The number of carbonyl (C=O) groups is 7. The van der Waals surface area contributed by atoms with Gasteiger partial charge >= 0.3 is 25.4 Å².